The van der Waals surface area contributed by atoms with E-state index in [0.29, 0.717) is 12.3 Å². The maximum atomic E-state index is 13.7. The average Bonchev–Trinajstić information content (AvgIpc) is 2.93. The van der Waals surface area contributed by atoms with Crippen molar-refractivity contribution < 1.29 is 19.1 Å². The van der Waals surface area contributed by atoms with Gasteiger partial charge in [0.1, 0.15) is 30.7 Å². The molecule has 2 aromatic rings. The number of nitrogens with two attached hydrogens (primary N) is 1. The van der Waals surface area contributed by atoms with Crippen LogP contribution in [0.2, 0.25) is 0 Å². The Balaban J connectivity index is 1.52. The molecule has 10 heteroatoms. The number of amidine groups is 1. The number of piperidine rings is 1. The Morgan fingerprint density at radius 1 is 1.11 bits per heavy atom. The highest BCUT2D eigenvalue weighted by molar-refractivity contribution is 5.98. The molecule has 0 spiro atoms. The van der Waals surface area contributed by atoms with Gasteiger partial charge >= 0.3 is 0 Å². The second-order valence-corrected chi connectivity index (χ2v) is 9.86. The summed E-state index contributed by atoms with van der Waals surface area (Å²) in [4.78, 5) is 43.1. The first kappa shape index (κ1) is 27.1. The molecule has 2 atom stereocenters. The predicted molar refractivity (Wildman–Crippen MR) is 143 cm³/mol. The number of carbonyl (C=O) groups is 3. The zero-order chi connectivity index (χ0) is 27.1. The number of nitrogens with zero attached hydrogens (tertiary/aromatic N) is 2. The quantitative estimate of drug-likeness (QED) is 0.271. The SMILES string of the molecule is COc1ccc(CC2C(=O)N(Cc3ccccc3)CC(=O)N2CC(=O)NC(C(=N)N)C2CCNCC2)cc1. The molecule has 3 amide bonds. The second-order valence-electron chi connectivity index (χ2n) is 9.86. The maximum absolute atomic E-state index is 13.7. The number of nitrogens with one attached hydrogen (secondary N) is 3. The van der Waals surface area contributed by atoms with Crippen LogP contribution in [-0.4, -0.2) is 78.7 Å². The lowest BCUT2D eigenvalue weighted by Crippen LogP contribution is -2.62. The van der Waals surface area contributed by atoms with E-state index in [-0.39, 0.29) is 43.1 Å². The van der Waals surface area contributed by atoms with Crippen molar-refractivity contribution in [3.8, 4) is 5.75 Å². The number of piperazine rings is 1. The Morgan fingerprint density at radius 2 is 1.79 bits per heavy atom. The Hall–Kier alpha value is -3.92. The fraction of sp³-hybridized carbons (Fsp3) is 0.429. The molecule has 5 N–H and O–H groups in total. The van der Waals surface area contributed by atoms with Gasteiger partial charge in [-0.1, -0.05) is 42.5 Å². The van der Waals surface area contributed by atoms with Crippen molar-refractivity contribution in [2.75, 3.05) is 33.3 Å². The Labute approximate surface area is 223 Å². The summed E-state index contributed by atoms with van der Waals surface area (Å²) in [5.41, 5.74) is 7.61. The molecule has 0 radical (unpaired) electrons. The van der Waals surface area contributed by atoms with Crippen LogP contribution in [0, 0.1) is 11.3 Å². The van der Waals surface area contributed by atoms with E-state index in [1.165, 1.54) is 4.90 Å². The molecule has 2 aliphatic rings. The molecule has 2 heterocycles. The van der Waals surface area contributed by atoms with Crippen LogP contribution in [0.3, 0.4) is 0 Å². The summed E-state index contributed by atoms with van der Waals surface area (Å²) >= 11 is 0. The van der Waals surface area contributed by atoms with Gasteiger partial charge in [-0.25, -0.2) is 0 Å². The topological polar surface area (TPSA) is 141 Å². The Morgan fingerprint density at radius 3 is 2.42 bits per heavy atom. The van der Waals surface area contributed by atoms with Gasteiger partial charge in [0, 0.05) is 13.0 Å². The molecular formula is C28H36N6O4. The minimum absolute atomic E-state index is 0.0489. The largest absolute Gasteiger partial charge is 0.497 e. The van der Waals surface area contributed by atoms with Crippen molar-refractivity contribution in [1.29, 1.82) is 5.41 Å². The summed E-state index contributed by atoms with van der Waals surface area (Å²) < 4.78 is 5.24. The van der Waals surface area contributed by atoms with E-state index in [2.05, 4.69) is 10.6 Å². The van der Waals surface area contributed by atoms with Crippen LogP contribution in [0.4, 0.5) is 0 Å². The molecule has 2 aromatic carbocycles. The number of amides is 3. The van der Waals surface area contributed by atoms with Gasteiger partial charge in [0.2, 0.25) is 17.7 Å². The smallest absolute Gasteiger partial charge is 0.246 e. The fourth-order valence-electron chi connectivity index (χ4n) is 5.17. The zero-order valence-corrected chi connectivity index (χ0v) is 21.7. The number of ether oxygens (including phenoxy) is 1. The molecule has 4 rings (SSSR count). The van der Waals surface area contributed by atoms with Crippen LogP contribution in [0.5, 0.6) is 5.75 Å². The molecule has 0 bridgehead atoms. The van der Waals surface area contributed by atoms with Crippen molar-refractivity contribution in [2.24, 2.45) is 11.7 Å². The minimum atomic E-state index is -0.839. The predicted octanol–water partition coefficient (Wildman–Crippen LogP) is 0.898. The van der Waals surface area contributed by atoms with E-state index in [0.717, 1.165) is 37.1 Å². The van der Waals surface area contributed by atoms with Crippen molar-refractivity contribution in [2.45, 2.75) is 37.9 Å². The average molecular weight is 521 g/mol. The van der Waals surface area contributed by atoms with Gasteiger partial charge in [-0.05, 0) is 55.1 Å². The van der Waals surface area contributed by atoms with Crippen LogP contribution < -0.4 is 21.1 Å². The van der Waals surface area contributed by atoms with E-state index in [9.17, 15) is 14.4 Å². The fourth-order valence-corrected chi connectivity index (χ4v) is 5.17. The van der Waals surface area contributed by atoms with Crippen LogP contribution in [-0.2, 0) is 27.3 Å². The molecule has 0 aromatic heterocycles. The Bertz CT molecular complexity index is 1130. The highest BCUT2D eigenvalue weighted by Gasteiger charge is 2.40. The molecule has 0 aliphatic carbocycles. The molecule has 2 fully saturated rings. The maximum Gasteiger partial charge on any atom is 0.246 e. The standard InChI is InChI=1S/C28H36N6O4/c1-38-22-9-7-19(8-10-22)15-23-28(37)33(16-20-5-3-2-4-6-20)18-25(36)34(23)17-24(35)32-26(27(29)30)21-11-13-31-14-12-21/h2-10,21,23,26,31H,11-18H2,1H3,(H3,29,30)(H,32,35). The van der Waals surface area contributed by atoms with Gasteiger partial charge in [0.05, 0.1) is 13.2 Å². The summed E-state index contributed by atoms with van der Waals surface area (Å²) in [5, 5.41) is 14.2. The highest BCUT2D eigenvalue weighted by atomic mass is 16.5. The third kappa shape index (κ3) is 6.69. The monoisotopic (exact) mass is 520 g/mol. The van der Waals surface area contributed by atoms with Gasteiger partial charge in [-0.3, -0.25) is 19.8 Å². The lowest BCUT2D eigenvalue weighted by Gasteiger charge is -2.40. The summed E-state index contributed by atoms with van der Waals surface area (Å²) in [6, 6.07) is 15.4. The lowest BCUT2D eigenvalue weighted by molar-refractivity contribution is -0.157. The number of carbonyl (C=O) groups excluding carboxylic acids is 3. The van der Waals surface area contributed by atoms with Crippen LogP contribution in [0.25, 0.3) is 0 Å². The second kappa shape index (κ2) is 12.6. The van der Waals surface area contributed by atoms with Gasteiger partial charge in [0.25, 0.3) is 0 Å². The molecule has 2 aliphatic heterocycles. The number of hydrogen-bond acceptors (Lipinski definition) is 6. The van der Waals surface area contributed by atoms with Crippen molar-refractivity contribution in [3.05, 3.63) is 65.7 Å². The minimum Gasteiger partial charge on any atom is -0.497 e. The highest BCUT2D eigenvalue weighted by Crippen LogP contribution is 2.22. The first-order valence-corrected chi connectivity index (χ1v) is 12.9. The van der Waals surface area contributed by atoms with Crippen LogP contribution in [0.15, 0.2) is 54.6 Å². The van der Waals surface area contributed by atoms with Crippen molar-refractivity contribution >= 4 is 23.6 Å². The lowest BCUT2D eigenvalue weighted by atomic mass is 9.89. The first-order valence-electron chi connectivity index (χ1n) is 12.9. The van der Waals surface area contributed by atoms with E-state index in [4.69, 9.17) is 15.9 Å². The number of rotatable bonds is 10. The van der Waals surface area contributed by atoms with Gasteiger partial charge in [-0.2, -0.15) is 0 Å². The van der Waals surface area contributed by atoms with Gasteiger partial charge in [0.15, 0.2) is 0 Å². The first-order chi connectivity index (χ1) is 18.4. The molecule has 2 saturated heterocycles. The summed E-state index contributed by atoms with van der Waals surface area (Å²) in [7, 11) is 1.58. The number of methoxy groups -OCH3 is 1. The van der Waals surface area contributed by atoms with Crippen molar-refractivity contribution in [3.63, 3.8) is 0 Å². The van der Waals surface area contributed by atoms with E-state index < -0.39 is 18.0 Å². The Kier molecular flexibility index (Phi) is 8.96. The van der Waals surface area contributed by atoms with Crippen LogP contribution in [0.1, 0.15) is 24.0 Å². The van der Waals surface area contributed by atoms with E-state index in [1.54, 1.807) is 24.1 Å². The zero-order valence-electron chi connectivity index (χ0n) is 21.7. The molecule has 0 saturated carbocycles. The van der Waals surface area contributed by atoms with Crippen LogP contribution >= 0.6 is 0 Å². The van der Waals surface area contributed by atoms with Gasteiger partial charge < -0.3 is 30.9 Å². The van der Waals surface area contributed by atoms with Gasteiger partial charge in [-0.15, -0.1) is 0 Å². The van der Waals surface area contributed by atoms with E-state index >= 15 is 0 Å². The molecule has 2 unspecified atom stereocenters. The molecule has 10 nitrogen and oxygen atoms in total. The number of benzene rings is 2. The summed E-state index contributed by atoms with van der Waals surface area (Å²) in [6.07, 6.45) is 1.85. The third-order valence-electron chi connectivity index (χ3n) is 7.24. The van der Waals surface area contributed by atoms with E-state index in [1.807, 2.05) is 42.5 Å². The summed E-state index contributed by atoms with van der Waals surface area (Å²) in [6.45, 7) is 1.52. The molecule has 38 heavy (non-hydrogen) atoms. The molecule has 202 valence electrons. The van der Waals surface area contributed by atoms with Crippen molar-refractivity contribution in [1.82, 2.24) is 20.4 Å². The normalized spacial score (nSPS) is 19.2. The third-order valence-corrected chi connectivity index (χ3v) is 7.24. The number of hydrogen-bond donors (Lipinski definition) is 4. The summed E-state index contributed by atoms with van der Waals surface area (Å²) in [5.74, 6) is -0.298. The molecular weight excluding hydrogens is 484 g/mol.